The summed E-state index contributed by atoms with van der Waals surface area (Å²) in [5.74, 6) is -1.12. The molecule has 1 aliphatic heterocycles. The number of carbonyl (C=O) groups excluding carboxylic acids is 1. The van der Waals surface area contributed by atoms with Gasteiger partial charge in [0.05, 0.1) is 23.7 Å². The molecular formula is C18H20N4O3. The van der Waals surface area contributed by atoms with Crippen molar-refractivity contribution in [2.75, 3.05) is 38.3 Å². The van der Waals surface area contributed by atoms with Crippen molar-refractivity contribution in [3.05, 3.63) is 30.0 Å². The second-order valence-electron chi connectivity index (χ2n) is 5.84. The largest absolute Gasteiger partial charge is 0.462 e. The number of esters is 1. The minimum absolute atomic E-state index is 0.105. The lowest BCUT2D eigenvalue weighted by Crippen LogP contribution is -2.25. The highest BCUT2D eigenvalue weighted by molar-refractivity contribution is 5.85. The number of methoxy groups -OCH3 is 1. The van der Waals surface area contributed by atoms with Crippen molar-refractivity contribution in [2.24, 2.45) is 0 Å². The van der Waals surface area contributed by atoms with Gasteiger partial charge in [-0.3, -0.25) is 4.79 Å². The average Bonchev–Trinajstić information content (AvgIpc) is 3.16. The maximum atomic E-state index is 12.4. The molecule has 1 aliphatic rings. The molecule has 0 spiro atoms. The fourth-order valence-electron chi connectivity index (χ4n) is 2.89. The van der Waals surface area contributed by atoms with Crippen LogP contribution >= 0.6 is 0 Å². The van der Waals surface area contributed by atoms with Crippen molar-refractivity contribution in [1.82, 2.24) is 9.97 Å². The number of aromatic nitrogens is 2. The summed E-state index contributed by atoms with van der Waals surface area (Å²) in [4.78, 5) is 23.7. The molecule has 130 valence electrons. The van der Waals surface area contributed by atoms with Crippen LogP contribution in [0.2, 0.25) is 0 Å². The number of nitrogens with zero attached hydrogens (tertiary/aromatic N) is 4. The Hall–Kier alpha value is -2.72. The first-order valence-corrected chi connectivity index (χ1v) is 8.31. The van der Waals surface area contributed by atoms with Crippen LogP contribution in [-0.2, 0) is 14.3 Å². The van der Waals surface area contributed by atoms with Gasteiger partial charge in [-0.25, -0.2) is 9.97 Å². The van der Waals surface area contributed by atoms with Crippen molar-refractivity contribution < 1.29 is 14.3 Å². The van der Waals surface area contributed by atoms with Gasteiger partial charge in [-0.1, -0.05) is 12.1 Å². The molecule has 7 heteroatoms. The normalized spacial score (nSPS) is 15.1. The Bertz CT molecular complexity index is 796. The second-order valence-corrected chi connectivity index (χ2v) is 5.84. The number of anilines is 1. The molecule has 0 N–H and O–H groups in total. The highest BCUT2D eigenvalue weighted by Gasteiger charge is 2.30. The number of benzene rings is 1. The van der Waals surface area contributed by atoms with Gasteiger partial charge in [-0.15, -0.1) is 0 Å². The number of carbonyl (C=O) groups is 1. The molecule has 0 radical (unpaired) electrons. The Labute approximate surface area is 146 Å². The molecule has 0 bridgehead atoms. The van der Waals surface area contributed by atoms with E-state index in [2.05, 4.69) is 14.9 Å². The molecule has 0 aliphatic carbocycles. The van der Waals surface area contributed by atoms with E-state index in [9.17, 15) is 10.1 Å². The van der Waals surface area contributed by atoms with E-state index in [1.54, 1.807) is 0 Å². The standard InChI is InChI=1S/C18H20N4O3/c1-24-10-11-25-18(23)13(12-19)16-17(22-8-4-5-9-22)21-15-7-3-2-6-14(15)20-16/h2-3,6-7,13H,4-5,8-11H2,1H3/t13-/m0/s1. The van der Waals surface area contributed by atoms with E-state index < -0.39 is 11.9 Å². The van der Waals surface area contributed by atoms with Gasteiger partial charge in [-0.05, 0) is 25.0 Å². The molecule has 0 saturated carbocycles. The SMILES string of the molecule is COCCOC(=O)[C@@H](C#N)c1nc2ccccc2nc1N1CCCC1. The molecule has 1 fully saturated rings. The van der Waals surface area contributed by atoms with Gasteiger partial charge in [0.15, 0.2) is 11.7 Å². The lowest BCUT2D eigenvalue weighted by Gasteiger charge is -2.21. The number of fused-ring (bicyclic) bond motifs is 1. The molecule has 1 atom stereocenters. The summed E-state index contributed by atoms with van der Waals surface area (Å²) in [6.07, 6.45) is 2.12. The number of ether oxygens (including phenoxy) is 2. The molecule has 1 aromatic heterocycles. The van der Waals surface area contributed by atoms with Crippen LogP contribution in [0.5, 0.6) is 0 Å². The zero-order valence-corrected chi connectivity index (χ0v) is 14.1. The molecule has 0 amide bonds. The van der Waals surface area contributed by atoms with E-state index in [1.165, 1.54) is 7.11 Å². The van der Waals surface area contributed by atoms with E-state index in [-0.39, 0.29) is 13.2 Å². The summed E-state index contributed by atoms with van der Waals surface area (Å²) in [7, 11) is 1.52. The molecule has 2 heterocycles. The first-order chi connectivity index (χ1) is 12.2. The fourth-order valence-corrected chi connectivity index (χ4v) is 2.89. The molecule has 25 heavy (non-hydrogen) atoms. The Morgan fingerprint density at radius 3 is 2.56 bits per heavy atom. The molecule has 2 aromatic rings. The zero-order chi connectivity index (χ0) is 17.6. The van der Waals surface area contributed by atoms with E-state index in [4.69, 9.17) is 9.47 Å². The Morgan fingerprint density at radius 2 is 1.92 bits per heavy atom. The van der Waals surface area contributed by atoms with Crippen molar-refractivity contribution in [3.8, 4) is 6.07 Å². The summed E-state index contributed by atoms with van der Waals surface area (Å²) < 4.78 is 10.0. The van der Waals surface area contributed by atoms with Crippen molar-refractivity contribution in [1.29, 1.82) is 5.26 Å². The highest BCUT2D eigenvalue weighted by Crippen LogP contribution is 2.29. The number of nitriles is 1. The Morgan fingerprint density at radius 1 is 1.24 bits per heavy atom. The maximum absolute atomic E-state index is 12.4. The van der Waals surface area contributed by atoms with Crippen LogP contribution in [-0.4, -0.2) is 49.4 Å². The third kappa shape index (κ3) is 3.69. The maximum Gasteiger partial charge on any atom is 0.329 e. The van der Waals surface area contributed by atoms with Gasteiger partial charge >= 0.3 is 5.97 Å². The van der Waals surface area contributed by atoms with Crippen molar-refractivity contribution >= 4 is 22.8 Å². The molecule has 3 rings (SSSR count). The predicted molar refractivity (Wildman–Crippen MR) is 92.2 cm³/mol. The fraction of sp³-hybridized carbons (Fsp3) is 0.444. The minimum atomic E-state index is -1.11. The summed E-state index contributed by atoms with van der Waals surface area (Å²) in [5.41, 5.74) is 1.77. The van der Waals surface area contributed by atoms with E-state index in [0.29, 0.717) is 17.0 Å². The lowest BCUT2D eigenvalue weighted by atomic mass is 10.1. The smallest absolute Gasteiger partial charge is 0.329 e. The van der Waals surface area contributed by atoms with E-state index >= 15 is 0 Å². The van der Waals surface area contributed by atoms with Crippen molar-refractivity contribution in [2.45, 2.75) is 18.8 Å². The average molecular weight is 340 g/mol. The first-order valence-electron chi connectivity index (χ1n) is 8.31. The minimum Gasteiger partial charge on any atom is -0.462 e. The van der Waals surface area contributed by atoms with Gasteiger partial charge < -0.3 is 14.4 Å². The van der Waals surface area contributed by atoms with Gasteiger partial charge in [-0.2, -0.15) is 5.26 Å². The van der Waals surface area contributed by atoms with Gasteiger partial charge in [0.1, 0.15) is 12.3 Å². The first kappa shape index (κ1) is 17.1. The van der Waals surface area contributed by atoms with Crippen LogP contribution in [0.15, 0.2) is 24.3 Å². The third-order valence-corrected chi connectivity index (χ3v) is 4.15. The number of hydrogen-bond acceptors (Lipinski definition) is 7. The Balaban J connectivity index is 2.00. The summed E-state index contributed by atoms with van der Waals surface area (Å²) >= 11 is 0. The molecule has 7 nitrogen and oxygen atoms in total. The second kappa shape index (κ2) is 7.90. The van der Waals surface area contributed by atoms with Crippen LogP contribution in [0.4, 0.5) is 5.82 Å². The lowest BCUT2D eigenvalue weighted by molar-refractivity contribution is -0.145. The van der Waals surface area contributed by atoms with Crippen molar-refractivity contribution in [3.63, 3.8) is 0 Å². The van der Waals surface area contributed by atoms with Crippen LogP contribution in [0, 0.1) is 11.3 Å². The van der Waals surface area contributed by atoms with Crippen LogP contribution < -0.4 is 4.90 Å². The summed E-state index contributed by atoms with van der Waals surface area (Å²) in [5, 5.41) is 9.58. The monoisotopic (exact) mass is 340 g/mol. The van der Waals surface area contributed by atoms with Gasteiger partial charge in [0.25, 0.3) is 0 Å². The number of rotatable bonds is 6. The number of hydrogen-bond donors (Lipinski definition) is 0. The number of para-hydroxylation sites is 2. The third-order valence-electron chi connectivity index (χ3n) is 4.15. The molecule has 0 unspecified atom stereocenters. The van der Waals surface area contributed by atoms with Gasteiger partial charge in [0, 0.05) is 20.2 Å². The van der Waals surface area contributed by atoms with E-state index in [1.807, 2.05) is 30.3 Å². The van der Waals surface area contributed by atoms with Gasteiger partial charge in [0.2, 0.25) is 0 Å². The summed E-state index contributed by atoms with van der Waals surface area (Å²) in [6, 6.07) is 9.48. The topological polar surface area (TPSA) is 88.3 Å². The quantitative estimate of drug-likeness (QED) is 0.587. The van der Waals surface area contributed by atoms with Crippen LogP contribution in [0.25, 0.3) is 11.0 Å². The predicted octanol–water partition coefficient (Wildman–Crippen LogP) is 2.03. The molecule has 1 aromatic carbocycles. The highest BCUT2D eigenvalue weighted by atomic mass is 16.6. The zero-order valence-electron chi connectivity index (χ0n) is 14.1. The molecule has 1 saturated heterocycles. The van der Waals surface area contributed by atoms with E-state index in [0.717, 1.165) is 31.4 Å². The Kier molecular flexibility index (Phi) is 5.41. The summed E-state index contributed by atoms with van der Waals surface area (Å²) in [6.45, 7) is 2.08. The van der Waals surface area contributed by atoms with Crippen LogP contribution in [0.3, 0.4) is 0 Å². The molecular weight excluding hydrogens is 320 g/mol. The van der Waals surface area contributed by atoms with Crippen LogP contribution in [0.1, 0.15) is 24.5 Å².